The van der Waals surface area contributed by atoms with E-state index in [1.165, 1.54) is 0 Å². The number of hydrogen-bond acceptors (Lipinski definition) is 3. The molecule has 1 heterocycles. The molecule has 0 bridgehead atoms. The number of imidazole rings is 1. The molecule has 0 atom stereocenters. The summed E-state index contributed by atoms with van der Waals surface area (Å²) < 4.78 is 3.24. The molecule has 0 aliphatic carbocycles. The SMILES string of the molecule is CCn1c(=O)n(CC(=O)N(C)CCNC)c2ccccc21. The molecule has 114 valence electrons. The summed E-state index contributed by atoms with van der Waals surface area (Å²) >= 11 is 0. The van der Waals surface area contributed by atoms with Crippen LogP contribution in [0, 0.1) is 0 Å². The first kappa shape index (κ1) is 15.3. The number of benzene rings is 1. The van der Waals surface area contributed by atoms with Crippen LogP contribution >= 0.6 is 0 Å². The summed E-state index contributed by atoms with van der Waals surface area (Å²) in [5.41, 5.74) is 1.55. The molecule has 1 aromatic heterocycles. The third-order valence-corrected chi connectivity index (χ3v) is 3.66. The van der Waals surface area contributed by atoms with Crippen LogP contribution in [-0.2, 0) is 17.9 Å². The van der Waals surface area contributed by atoms with E-state index in [-0.39, 0.29) is 18.1 Å². The molecule has 1 aromatic carbocycles. The van der Waals surface area contributed by atoms with Crippen molar-refractivity contribution in [1.29, 1.82) is 0 Å². The molecule has 0 aliphatic rings. The van der Waals surface area contributed by atoms with E-state index in [1.54, 1.807) is 21.1 Å². The summed E-state index contributed by atoms with van der Waals surface area (Å²) in [5.74, 6) is -0.0636. The van der Waals surface area contributed by atoms with E-state index in [0.29, 0.717) is 13.1 Å². The fraction of sp³-hybridized carbons (Fsp3) is 0.467. The Hall–Kier alpha value is -2.08. The standard InChI is InChI=1S/C15H22N4O2/c1-4-18-12-7-5-6-8-13(12)19(15(18)21)11-14(20)17(3)10-9-16-2/h5-8,16H,4,9-11H2,1-3H3. The Morgan fingerprint density at radius 1 is 1.24 bits per heavy atom. The van der Waals surface area contributed by atoms with Gasteiger partial charge in [-0.05, 0) is 26.1 Å². The summed E-state index contributed by atoms with van der Waals surface area (Å²) in [6, 6.07) is 7.57. The molecule has 0 radical (unpaired) electrons. The van der Waals surface area contributed by atoms with E-state index in [4.69, 9.17) is 0 Å². The van der Waals surface area contributed by atoms with Crippen molar-refractivity contribution in [3.63, 3.8) is 0 Å². The second kappa shape index (κ2) is 6.58. The van der Waals surface area contributed by atoms with Crippen LogP contribution in [0.5, 0.6) is 0 Å². The molecule has 6 heteroatoms. The maximum atomic E-state index is 12.4. The number of aromatic nitrogens is 2. The Morgan fingerprint density at radius 3 is 2.43 bits per heavy atom. The Morgan fingerprint density at radius 2 is 1.86 bits per heavy atom. The lowest BCUT2D eigenvalue weighted by Crippen LogP contribution is -2.37. The average Bonchev–Trinajstić information content (AvgIpc) is 2.76. The molecular weight excluding hydrogens is 268 g/mol. The smallest absolute Gasteiger partial charge is 0.329 e. The average molecular weight is 290 g/mol. The molecule has 0 spiro atoms. The van der Waals surface area contributed by atoms with Gasteiger partial charge in [0.15, 0.2) is 0 Å². The number of hydrogen-bond donors (Lipinski definition) is 1. The molecule has 0 saturated carbocycles. The first-order valence-electron chi connectivity index (χ1n) is 7.16. The Labute approximate surface area is 124 Å². The third kappa shape index (κ3) is 3.00. The van der Waals surface area contributed by atoms with Crippen molar-refractivity contribution < 1.29 is 4.79 Å². The van der Waals surface area contributed by atoms with E-state index < -0.39 is 0 Å². The number of likely N-dealkylation sites (N-methyl/N-ethyl adjacent to an activating group) is 2. The predicted octanol–water partition coefficient (Wildman–Crippen LogP) is 0.501. The number of aryl methyl sites for hydroxylation is 1. The molecule has 2 rings (SSSR count). The molecule has 2 aromatic rings. The molecular formula is C15H22N4O2. The largest absolute Gasteiger partial charge is 0.343 e. The van der Waals surface area contributed by atoms with Crippen LogP contribution in [-0.4, -0.2) is 47.1 Å². The van der Waals surface area contributed by atoms with Gasteiger partial charge in [-0.25, -0.2) is 4.79 Å². The van der Waals surface area contributed by atoms with Crippen molar-refractivity contribution in [3.05, 3.63) is 34.7 Å². The lowest BCUT2D eigenvalue weighted by Gasteiger charge is -2.17. The van der Waals surface area contributed by atoms with Gasteiger partial charge in [-0.3, -0.25) is 13.9 Å². The van der Waals surface area contributed by atoms with Gasteiger partial charge in [0.25, 0.3) is 0 Å². The van der Waals surface area contributed by atoms with Gasteiger partial charge in [0, 0.05) is 26.7 Å². The third-order valence-electron chi connectivity index (χ3n) is 3.66. The molecule has 1 N–H and O–H groups in total. The van der Waals surface area contributed by atoms with Crippen LogP contribution in [0.4, 0.5) is 0 Å². The monoisotopic (exact) mass is 290 g/mol. The van der Waals surface area contributed by atoms with Gasteiger partial charge in [-0.15, -0.1) is 0 Å². The fourth-order valence-corrected chi connectivity index (χ4v) is 2.39. The Kier molecular flexibility index (Phi) is 4.80. The highest BCUT2D eigenvalue weighted by Crippen LogP contribution is 2.12. The summed E-state index contributed by atoms with van der Waals surface area (Å²) in [5, 5.41) is 3.01. The number of carbonyl (C=O) groups excluding carboxylic acids is 1. The summed E-state index contributed by atoms with van der Waals surface area (Å²) in [6.45, 7) is 3.95. The van der Waals surface area contributed by atoms with E-state index >= 15 is 0 Å². The zero-order chi connectivity index (χ0) is 15.4. The molecule has 0 aliphatic heterocycles. The van der Waals surface area contributed by atoms with E-state index in [2.05, 4.69) is 5.32 Å². The van der Waals surface area contributed by atoms with Gasteiger partial charge in [-0.2, -0.15) is 0 Å². The lowest BCUT2D eigenvalue weighted by molar-refractivity contribution is -0.130. The minimum atomic E-state index is -0.130. The van der Waals surface area contributed by atoms with Gasteiger partial charge >= 0.3 is 5.69 Å². The zero-order valence-corrected chi connectivity index (χ0v) is 12.8. The van der Waals surface area contributed by atoms with Crippen molar-refractivity contribution in [2.45, 2.75) is 20.0 Å². The predicted molar refractivity (Wildman–Crippen MR) is 83.4 cm³/mol. The van der Waals surface area contributed by atoms with Crippen molar-refractivity contribution >= 4 is 16.9 Å². The van der Waals surface area contributed by atoms with Crippen molar-refractivity contribution in [2.75, 3.05) is 27.2 Å². The fourth-order valence-electron chi connectivity index (χ4n) is 2.39. The molecule has 0 fully saturated rings. The van der Waals surface area contributed by atoms with E-state index in [9.17, 15) is 9.59 Å². The minimum absolute atomic E-state index is 0.0636. The summed E-state index contributed by atoms with van der Waals surface area (Å²) in [6.07, 6.45) is 0. The minimum Gasteiger partial charge on any atom is -0.343 e. The van der Waals surface area contributed by atoms with Crippen molar-refractivity contribution in [2.24, 2.45) is 0 Å². The van der Waals surface area contributed by atoms with Crippen LogP contribution in [0.15, 0.2) is 29.1 Å². The second-order valence-corrected chi connectivity index (χ2v) is 5.02. The normalized spacial score (nSPS) is 11.0. The summed E-state index contributed by atoms with van der Waals surface area (Å²) in [7, 11) is 3.60. The summed E-state index contributed by atoms with van der Waals surface area (Å²) in [4.78, 5) is 26.3. The molecule has 0 unspecified atom stereocenters. The van der Waals surface area contributed by atoms with Gasteiger partial charge < -0.3 is 10.2 Å². The van der Waals surface area contributed by atoms with Gasteiger partial charge in [0.1, 0.15) is 6.54 Å². The highest BCUT2D eigenvalue weighted by molar-refractivity contribution is 5.80. The number of amides is 1. The first-order chi connectivity index (χ1) is 10.1. The number of rotatable bonds is 6. The van der Waals surface area contributed by atoms with Crippen LogP contribution < -0.4 is 11.0 Å². The van der Waals surface area contributed by atoms with Gasteiger partial charge in [0.05, 0.1) is 11.0 Å². The van der Waals surface area contributed by atoms with E-state index in [1.807, 2.05) is 38.2 Å². The van der Waals surface area contributed by atoms with Crippen molar-refractivity contribution in [1.82, 2.24) is 19.4 Å². The van der Waals surface area contributed by atoms with Crippen LogP contribution in [0.2, 0.25) is 0 Å². The maximum Gasteiger partial charge on any atom is 0.329 e. The number of nitrogens with zero attached hydrogens (tertiary/aromatic N) is 3. The molecule has 21 heavy (non-hydrogen) atoms. The van der Waals surface area contributed by atoms with Crippen LogP contribution in [0.1, 0.15) is 6.92 Å². The Balaban J connectivity index is 2.32. The topological polar surface area (TPSA) is 59.3 Å². The zero-order valence-electron chi connectivity index (χ0n) is 12.8. The van der Waals surface area contributed by atoms with Crippen LogP contribution in [0.25, 0.3) is 11.0 Å². The van der Waals surface area contributed by atoms with Gasteiger partial charge in [0.2, 0.25) is 5.91 Å². The number of fused-ring (bicyclic) bond motifs is 1. The highest BCUT2D eigenvalue weighted by Gasteiger charge is 2.16. The van der Waals surface area contributed by atoms with Crippen LogP contribution in [0.3, 0.4) is 0 Å². The lowest BCUT2D eigenvalue weighted by atomic mass is 10.3. The van der Waals surface area contributed by atoms with Gasteiger partial charge in [-0.1, -0.05) is 12.1 Å². The highest BCUT2D eigenvalue weighted by atomic mass is 16.2. The van der Waals surface area contributed by atoms with Crippen molar-refractivity contribution in [3.8, 4) is 0 Å². The molecule has 0 saturated heterocycles. The molecule has 6 nitrogen and oxygen atoms in total. The second-order valence-electron chi connectivity index (χ2n) is 5.02. The molecule has 1 amide bonds. The quantitative estimate of drug-likeness (QED) is 0.843. The number of para-hydroxylation sites is 2. The Bertz CT molecular complexity index is 687. The maximum absolute atomic E-state index is 12.4. The number of nitrogens with one attached hydrogen (secondary N) is 1. The van der Waals surface area contributed by atoms with E-state index in [0.717, 1.165) is 17.6 Å². The first-order valence-corrected chi connectivity index (χ1v) is 7.16. The number of carbonyl (C=O) groups is 1.